The number of phenolic OH excluding ortho intramolecular Hbond substituents is 1. The number of para-hydroxylation sites is 3. The van der Waals surface area contributed by atoms with Crippen LogP contribution in [0.3, 0.4) is 0 Å². The Balaban J connectivity index is 1.62. The van der Waals surface area contributed by atoms with E-state index in [-0.39, 0.29) is 17.6 Å². The van der Waals surface area contributed by atoms with E-state index < -0.39 is 0 Å². The highest BCUT2D eigenvalue weighted by molar-refractivity contribution is 5.85. The van der Waals surface area contributed by atoms with E-state index in [1.165, 1.54) is 6.21 Å². The summed E-state index contributed by atoms with van der Waals surface area (Å²) in [5, 5.41) is 13.5. The lowest BCUT2D eigenvalue weighted by Gasteiger charge is -2.11. The Bertz CT molecular complexity index is 885. The maximum absolute atomic E-state index is 12.2. The number of carbonyl (C=O) groups is 1. The molecule has 6 nitrogen and oxygen atoms in total. The van der Waals surface area contributed by atoms with Gasteiger partial charge in [-0.25, -0.2) is 10.4 Å². The van der Waals surface area contributed by atoms with Gasteiger partial charge in [0.2, 0.25) is 5.91 Å². The van der Waals surface area contributed by atoms with Gasteiger partial charge in [-0.2, -0.15) is 5.10 Å². The van der Waals surface area contributed by atoms with E-state index in [9.17, 15) is 9.90 Å². The minimum atomic E-state index is -0.274. The monoisotopic (exact) mass is 322 g/mol. The number of hydrazone groups is 1. The molecule has 1 amide bonds. The first-order valence-corrected chi connectivity index (χ1v) is 7.66. The number of nitrogens with one attached hydrogen (secondary N) is 1. The summed E-state index contributed by atoms with van der Waals surface area (Å²) in [5.74, 6) is -0.350. The van der Waals surface area contributed by atoms with Crippen LogP contribution in [0.2, 0.25) is 0 Å². The van der Waals surface area contributed by atoms with Gasteiger partial charge >= 0.3 is 0 Å². The van der Waals surface area contributed by atoms with Crippen molar-refractivity contribution in [1.29, 1.82) is 0 Å². The van der Waals surface area contributed by atoms with Crippen molar-refractivity contribution in [3.63, 3.8) is 0 Å². The number of aromatic nitrogens is 2. The van der Waals surface area contributed by atoms with E-state index in [1.54, 1.807) is 30.6 Å². The molecule has 0 fully saturated rings. The fourth-order valence-electron chi connectivity index (χ4n) is 2.41. The predicted molar refractivity (Wildman–Crippen MR) is 92.7 cm³/mol. The normalized spacial score (nSPS) is 12.5. The Morgan fingerprint density at radius 1 is 1.29 bits per heavy atom. The van der Waals surface area contributed by atoms with Gasteiger partial charge in [0, 0.05) is 12.1 Å². The molecule has 6 heteroatoms. The Labute approximate surface area is 139 Å². The van der Waals surface area contributed by atoms with Crippen molar-refractivity contribution in [2.24, 2.45) is 11.0 Å². The van der Waals surface area contributed by atoms with Crippen molar-refractivity contribution in [3.8, 4) is 5.75 Å². The quantitative estimate of drug-likeness (QED) is 0.559. The smallest absolute Gasteiger partial charge is 0.244 e. The van der Waals surface area contributed by atoms with Crippen molar-refractivity contribution >= 4 is 23.2 Å². The Morgan fingerprint density at radius 3 is 2.88 bits per heavy atom. The van der Waals surface area contributed by atoms with E-state index in [4.69, 9.17) is 0 Å². The number of amides is 1. The zero-order valence-corrected chi connectivity index (χ0v) is 13.3. The lowest BCUT2D eigenvalue weighted by molar-refractivity contribution is -0.124. The van der Waals surface area contributed by atoms with Gasteiger partial charge in [-0.05, 0) is 24.3 Å². The number of hydrogen-bond donors (Lipinski definition) is 2. The molecule has 2 N–H and O–H groups in total. The van der Waals surface area contributed by atoms with Gasteiger partial charge in [-0.1, -0.05) is 31.2 Å². The first-order valence-electron chi connectivity index (χ1n) is 7.66. The van der Waals surface area contributed by atoms with Crippen LogP contribution in [0, 0.1) is 5.92 Å². The van der Waals surface area contributed by atoms with Gasteiger partial charge in [-0.15, -0.1) is 0 Å². The third-order valence-corrected chi connectivity index (χ3v) is 3.76. The number of rotatable bonds is 5. The van der Waals surface area contributed by atoms with Crippen molar-refractivity contribution in [1.82, 2.24) is 15.0 Å². The van der Waals surface area contributed by atoms with E-state index in [0.29, 0.717) is 12.1 Å². The van der Waals surface area contributed by atoms with Crippen LogP contribution in [0.15, 0.2) is 60.0 Å². The number of nitrogens with zero attached hydrogens (tertiary/aromatic N) is 3. The summed E-state index contributed by atoms with van der Waals surface area (Å²) in [6, 6.07) is 14.6. The number of carbonyl (C=O) groups excluding carboxylic acids is 1. The van der Waals surface area contributed by atoms with E-state index in [2.05, 4.69) is 15.5 Å². The number of imidazole rings is 1. The second-order valence-corrected chi connectivity index (χ2v) is 5.58. The highest BCUT2D eigenvalue weighted by Gasteiger charge is 2.14. The van der Waals surface area contributed by atoms with Crippen LogP contribution in [0.1, 0.15) is 12.5 Å². The number of hydrogen-bond acceptors (Lipinski definition) is 4. The summed E-state index contributed by atoms with van der Waals surface area (Å²) in [6.45, 7) is 2.35. The molecule has 24 heavy (non-hydrogen) atoms. The maximum atomic E-state index is 12.2. The average molecular weight is 322 g/mol. The van der Waals surface area contributed by atoms with Crippen molar-refractivity contribution in [2.75, 3.05) is 0 Å². The number of aromatic hydroxyl groups is 1. The largest absolute Gasteiger partial charge is 0.507 e. The van der Waals surface area contributed by atoms with Gasteiger partial charge in [0.1, 0.15) is 5.75 Å². The Kier molecular flexibility index (Phi) is 4.56. The SMILES string of the molecule is C[C@@H](Cn1cnc2ccccc21)C(=O)N/N=C/c1ccccc1O. The van der Waals surface area contributed by atoms with Crippen LogP contribution in [-0.4, -0.2) is 26.8 Å². The molecule has 0 spiro atoms. The molecule has 1 atom stereocenters. The van der Waals surface area contributed by atoms with Gasteiger partial charge in [0.25, 0.3) is 0 Å². The molecule has 0 saturated heterocycles. The predicted octanol–water partition coefficient (Wildman–Crippen LogP) is 2.53. The zero-order valence-electron chi connectivity index (χ0n) is 13.3. The molecular formula is C18H18N4O2. The lowest BCUT2D eigenvalue weighted by Crippen LogP contribution is -2.27. The average Bonchev–Trinajstić information content (AvgIpc) is 2.99. The molecule has 1 aromatic heterocycles. The summed E-state index contributed by atoms with van der Waals surface area (Å²) in [6.07, 6.45) is 3.16. The van der Waals surface area contributed by atoms with Gasteiger partial charge in [0.05, 0.1) is 29.5 Å². The van der Waals surface area contributed by atoms with Crippen LogP contribution in [0.25, 0.3) is 11.0 Å². The highest BCUT2D eigenvalue weighted by Crippen LogP contribution is 2.14. The molecule has 0 saturated carbocycles. The van der Waals surface area contributed by atoms with Crippen molar-refractivity contribution in [2.45, 2.75) is 13.5 Å². The zero-order chi connectivity index (χ0) is 16.9. The molecule has 122 valence electrons. The second-order valence-electron chi connectivity index (χ2n) is 5.58. The standard InChI is InChI=1S/C18H18N4O2/c1-13(11-22-12-19-15-7-3-4-8-16(15)22)18(24)21-20-10-14-6-2-5-9-17(14)23/h2-10,12-13,23H,11H2,1H3,(H,21,24)/b20-10+/t13-/m0/s1. The summed E-state index contributed by atoms with van der Waals surface area (Å²) in [5.41, 5.74) is 4.95. The molecular weight excluding hydrogens is 304 g/mol. The number of phenols is 1. The van der Waals surface area contributed by atoms with E-state index >= 15 is 0 Å². The van der Waals surface area contributed by atoms with Gasteiger partial charge < -0.3 is 9.67 Å². The van der Waals surface area contributed by atoms with Crippen molar-refractivity contribution in [3.05, 3.63) is 60.4 Å². The first-order chi connectivity index (χ1) is 11.6. The third kappa shape index (κ3) is 3.43. The van der Waals surface area contributed by atoms with Crippen LogP contribution >= 0.6 is 0 Å². The number of fused-ring (bicyclic) bond motifs is 1. The molecule has 1 heterocycles. The van der Waals surface area contributed by atoms with Crippen LogP contribution < -0.4 is 5.43 Å². The van der Waals surface area contributed by atoms with Gasteiger partial charge in [0.15, 0.2) is 0 Å². The third-order valence-electron chi connectivity index (χ3n) is 3.76. The fraction of sp³-hybridized carbons (Fsp3) is 0.167. The first kappa shape index (κ1) is 15.7. The maximum Gasteiger partial charge on any atom is 0.244 e. The highest BCUT2D eigenvalue weighted by atomic mass is 16.3. The Morgan fingerprint density at radius 2 is 2.04 bits per heavy atom. The molecule has 0 bridgehead atoms. The number of benzene rings is 2. The minimum Gasteiger partial charge on any atom is -0.507 e. The molecule has 3 aromatic rings. The van der Waals surface area contributed by atoms with Crippen LogP contribution in [0.4, 0.5) is 0 Å². The molecule has 0 radical (unpaired) electrons. The molecule has 2 aromatic carbocycles. The van der Waals surface area contributed by atoms with Gasteiger partial charge in [-0.3, -0.25) is 4.79 Å². The van der Waals surface area contributed by atoms with Crippen LogP contribution in [0.5, 0.6) is 5.75 Å². The molecule has 0 unspecified atom stereocenters. The minimum absolute atomic E-state index is 0.119. The molecule has 0 aliphatic heterocycles. The summed E-state index contributed by atoms with van der Waals surface area (Å²) in [4.78, 5) is 16.5. The van der Waals surface area contributed by atoms with E-state index in [1.807, 2.05) is 35.8 Å². The topological polar surface area (TPSA) is 79.5 Å². The summed E-state index contributed by atoms with van der Waals surface area (Å²) < 4.78 is 1.95. The molecule has 0 aliphatic carbocycles. The van der Waals surface area contributed by atoms with Crippen LogP contribution in [-0.2, 0) is 11.3 Å². The molecule has 3 rings (SSSR count). The van der Waals surface area contributed by atoms with Crippen molar-refractivity contribution < 1.29 is 9.90 Å². The fourth-order valence-corrected chi connectivity index (χ4v) is 2.41. The molecule has 0 aliphatic rings. The van der Waals surface area contributed by atoms with E-state index in [0.717, 1.165) is 11.0 Å². The second kappa shape index (κ2) is 6.95. The summed E-state index contributed by atoms with van der Waals surface area (Å²) >= 11 is 0. The lowest BCUT2D eigenvalue weighted by atomic mass is 10.1. The summed E-state index contributed by atoms with van der Waals surface area (Å²) in [7, 11) is 0. The Hall–Kier alpha value is -3.15.